The van der Waals surface area contributed by atoms with Crippen LogP contribution in [-0.4, -0.2) is 34.5 Å². The first kappa shape index (κ1) is 13.7. The SMILES string of the molecule is CC1CC(C(=O)O)C(C(=O)NC2CCCSC2)C1. The van der Waals surface area contributed by atoms with Crippen LogP contribution in [0.4, 0.5) is 0 Å². The Bertz CT molecular complexity index is 328. The minimum atomic E-state index is -0.822. The number of carbonyl (C=O) groups excluding carboxylic acids is 1. The molecule has 1 amide bonds. The lowest BCUT2D eigenvalue weighted by Gasteiger charge is -2.25. The van der Waals surface area contributed by atoms with Crippen LogP contribution in [0, 0.1) is 17.8 Å². The van der Waals surface area contributed by atoms with Gasteiger partial charge in [0, 0.05) is 11.8 Å². The van der Waals surface area contributed by atoms with E-state index in [0.717, 1.165) is 18.6 Å². The highest BCUT2D eigenvalue weighted by molar-refractivity contribution is 7.99. The van der Waals surface area contributed by atoms with Gasteiger partial charge in [0.1, 0.15) is 0 Å². The number of nitrogens with one attached hydrogen (secondary N) is 1. The lowest BCUT2D eigenvalue weighted by atomic mass is 9.95. The van der Waals surface area contributed by atoms with E-state index in [4.69, 9.17) is 0 Å². The average molecular weight is 271 g/mol. The normalized spacial score (nSPS) is 36.3. The molecule has 2 aliphatic rings. The molecule has 0 aromatic rings. The fraction of sp³-hybridized carbons (Fsp3) is 0.846. The molecule has 2 N–H and O–H groups in total. The molecule has 1 saturated heterocycles. The van der Waals surface area contributed by atoms with Crippen molar-refractivity contribution in [3.05, 3.63) is 0 Å². The number of thioether (sulfide) groups is 1. The zero-order chi connectivity index (χ0) is 13.1. The van der Waals surface area contributed by atoms with Gasteiger partial charge in [-0.15, -0.1) is 0 Å². The van der Waals surface area contributed by atoms with Crippen LogP contribution >= 0.6 is 11.8 Å². The highest BCUT2D eigenvalue weighted by atomic mass is 32.2. The molecular weight excluding hydrogens is 250 g/mol. The van der Waals surface area contributed by atoms with E-state index in [1.165, 1.54) is 5.75 Å². The van der Waals surface area contributed by atoms with E-state index in [9.17, 15) is 14.7 Å². The third kappa shape index (κ3) is 3.19. The molecule has 18 heavy (non-hydrogen) atoms. The van der Waals surface area contributed by atoms with Crippen molar-refractivity contribution >= 4 is 23.6 Å². The first-order chi connectivity index (χ1) is 8.58. The minimum absolute atomic E-state index is 0.0424. The van der Waals surface area contributed by atoms with Gasteiger partial charge in [-0.3, -0.25) is 9.59 Å². The second-order valence-corrected chi connectivity index (χ2v) is 6.70. The maximum atomic E-state index is 12.2. The van der Waals surface area contributed by atoms with Gasteiger partial charge in [0.15, 0.2) is 0 Å². The van der Waals surface area contributed by atoms with Crippen molar-refractivity contribution in [2.75, 3.05) is 11.5 Å². The summed E-state index contributed by atoms with van der Waals surface area (Å²) in [7, 11) is 0. The van der Waals surface area contributed by atoms with E-state index in [2.05, 4.69) is 5.32 Å². The number of rotatable bonds is 3. The lowest BCUT2D eigenvalue weighted by Crippen LogP contribution is -2.43. The Morgan fingerprint density at radius 2 is 2.00 bits per heavy atom. The zero-order valence-corrected chi connectivity index (χ0v) is 11.5. The molecule has 102 valence electrons. The van der Waals surface area contributed by atoms with Crippen molar-refractivity contribution in [1.82, 2.24) is 5.32 Å². The second kappa shape index (κ2) is 5.95. The van der Waals surface area contributed by atoms with Gasteiger partial charge in [0.2, 0.25) is 5.91 Å². The molecule has 0 radical (unpaired) electrons. The second-order valence-electron chi connectivity index (χ2n) is 5.55. The largest absolute Gasteiger partial charge is 0.481 e. The number of amides is 1. The Morgan fingerprint density at radius 1 is 1.28 bits per heavy atom. The first-order valence-corrected chi connectivity index (χ1v) is 7.84. The fourth-order valence-electron chi connectivity index (χ4n) is 3.02. The Hall–Kier alpha value is -0.710. The van der Waals surface area contributed by atoms with Crippen LogP contribution in [0.5, 0.6) is 0 Å². The number of aliphatic carboxylic acids is 1. The van der Waals surface area contributed by atoms with Gasteiger partial charge in [0.05, 0.1) is 11.8 Å². The predicted octanol–water partition coefficient (Wildman–Crippen LogP) is 1.75. The smallest absolute Gasteiger partial charge is 0.307 e. The number of carbonyl (C=O) groups is 2. The van der Waals surface area contributed by atoms with Gasteiger partial charge >= 0.3 is 5.97 Å². The number of carboxylic acid groups (broad SMARTS) is 1. The number of carboxylic acids is 1. The number of hydrogen-bond donors (Lipinski definition) is 2. The molecule has 5 heteroatoms. The molecule has 2 rings (SSSR count). The van der Waals surface area contributed by atoms with Crippen LogP contribution in [0.1, 0.15) is 32.6 Å². The molecule has 1 saturated carbocycles. The molecule has 2 fully saturated rings. The summed E-state index contributed by atoms with van der Waals surface area (Å²) in [5, 5.41) is 12.2. The van der Waals surface area contributed by atoms with Gasteiger partial charge in [-0.25, -0.2) is 0 Å². The average Bonchev–Trinajstić information content (AvgIpc) is 2.73. The van der Waals surface area contributed by atoms with Crippen molar-refractivity contribution in [2.45, 2.75) is 38.6 Å². The molecule has 0 bridgehead atoms. The van der Waals surface area contributed by atoms with Gasteiger partial charge in [0.25, 0.3) is 0 Å². The Balaban J connectivity index is 1.92. The fourth-order valence-corrected chi connectivity index (χ4v) is 4.09. The third-order valence-electron chi connectivity index (χ3n) is 3.96. The molecular formula is C13H21NO3S. The van der Waals surface area contributed by atoms with Gasteiger partial charge in [-0.05, 0) is 37.4 Å². The molecule has 1 aliphatic heterocycles. The standard InChI is InChI=1S/C13H21NO3S/c1-8-5-10(11(6-8)13(16)17)12(15)14-9-3-2-4-18-7-9/h8-11H,2-7H2,1H3,(H,14,15)(H,16,17). The Kier molecular flexibility index (Phi) is 4.54. The molecule has 4 unspecified atom stereocenters. The van der Waals surface area contributed by atoms with E-state index >= 15 is 0 Å². The van der Waals surface area contributed by atoms with E-state index in [0.29, 0.717) is 18.8 Å². The van der Waals surface area contributed by atoms with E-state index in [1.54, 1.807) is 0 Å². The topological polar surface area (TPSA) is 66.4 Å². The molecule has 0 aromatic heterocycles. The first-order valence-electron chi connectivity index (χ1n) is 6.69. The van der Waals surface area contributed by atoms with Gasteiger partial charge < -0.3 is 10.4 Å². The summed E-state index contributed by atoms with van der Waals surface area (Å²) in [6, 6.07) is 0.238. The van der Waals surface area contributed by atoms with Gasteiger partial charge in [-0.2, -0.15) is 11.8 Å². The summed E-state index contributed by atoms with van der Waals surface area (Å²) < 4.78 is 0. The van der Waals surface area contributed by atoms with E-state index < -0.39 is 11.9 Å². The third-order valence-corrected chi connectivity index (χ3v) is 5.17. The molecule has 4 atom stereocenters. The zero-order valence-electron chi connectivity index (χ0n) is 10.7. The monoisotopic (exact) mass is 271 g/mol. The Labute approximate surface area is 112 Å². The van der Waals surface area contributed by atoms with Crippen LogP contribution in [0.15, 0.2) is 0 Å². The minimum Gasteiger partial charge on any atom is -0.481 e. The maximum absolute atomic E-state index is 12.2. The van der Waals surface area contributed by atoms with Crippen molar-refractivity contribution in [3.63, 3.8) is 0 Å². The highest BCUT2D eigenvalue weighted by Crippen LogP contribution is 2.36. The quantitative estimate of drug-likeness (QED) is 0.820. The van der Waals surface area contributed by atoms with E-state index in [-0.39, 0.29) is 17.9 Å². The summed E-state index contributed by atoms with van der Waals surface area (Å²) in [4.78, 5) is 23.4. The maximum Gasteiger partial charge on any atom is 0.307 e. The molecule has 4 nitrogen and oxygen atoms in total. The van der Waals surface area contributed by atoms with Crippen LogP contribution in [0.2, 0.25) is 0 Å². The summed E-state index contributed by atoms with van der Waals surface area (Å²) in [6.07, 6.45) is 3.51. The number of hydrogen-bond acceptors (Lipinski definition) is 3. The lowest BCUT2D eigenvalue weighted by molar-refractivity contribution is -0.146. The molecule has 0 aromatic carbocycles. The van der Waals surface area contributed by atoms with Crippen molar-refractivity contribution in [1.29, 1.82) is 0 Å². The van der Waals surface area contributed by atoms with Crippen LogP contribution in [0.25, 0.3) is 0 Å². The van der Waals surface area contributed by atoms with Crippen molar-refractivity contribution in [2.24, 2.45) is 17.8 Å². The van der Waals surface area contributed by atoms with Crippen molar-refractivity contribution in [3.8, 4) is 0 Å². The summed E-state index contributed by atoms with van der Waals surface area (Å²) in [5.41, 5.74) is 0. The highest BCUT2D eigenvalue weighted by Gasteiger charge is 2.41. The van der Waals surface area contributed by atoms with Gasteiger partial charge in [-0.1, -0.05) is 6.92 Å². The van der Waals surface area contributed by atoms with Crippen molar-refractivity contribution < 1.29 is 14.7 Å². The molecule has 1 heterocycles. The molecule has 1 aliphatic carbocycles. The summed E-state index contributed by atoms with van der Waals surface area (Å²) in [5.74, 6) is 0.788. The van der Waals surface area contributed by atoms with Crippen LogP contribution in [0.3, 0.4) is 0 Å². The summed E-state index contributed by atoms with van der Waals surface area (Å²) >= 11 is 1.86. The Morgan fingerprint density at radius 3 is 2.61 bits per heavy atom. The van der Waals surface area contributed by atoms with Crippen LogP contribution in [-0.2, 0) is 9.59 Å². The predicted molar refractivity (Wildman–Crippen MR) is 71.5 cm³/mol. The summed E-state index contributed by atoms with van der Waals surface area (Å²) in [6.45, 7) is 2.03. The van der Waals surface area contributed by atoms with E-state index in [1.807, 2.05) is 18.7 Å². The molecule has 0 spiro atoms. The van der Waals surface area contributed by atoms with Crippen LogP contribution < -0.4 is 5.32 Å².